The number of nitrogens with zero attached hydrogens (tertiary/aromatic N) is 1. The fourth-order valence-corrected chi connectivity index (χ4v) is 1.65. The Labute approximate surface area is 81.2 Å². The van der Waals surface area contributed by atoms with E-state index < -0.39 is 0 Å². The fraction of sp³-hybridized carbons (Fsp3) is 0.182. The first-order valence-electron chi connectivity index (χ1n) is 4.38. The minimum Gasteiger partial charge on any atom is -0.508 e. The smallest absolute Gasteiger partial charge is 0.258 e. The van der Waals surface area contributed by atoms with Crippen molar-refractivity contribution in [2.45, 2.75) is 6.92 Å². The number of hydrogen-bond acceptors (Lipinski definition) is 2. The van der Waals surface area contributed by atoms with E-state index in [-0.39, 0.29) is 11.3 Å². The number of aromatic hydroxyl groups is 1. The molecular weight excluding hydrogens is 178 g/mol. The molecular formula is C11H11NO2. The SMILES string of the molecule is Cc1cn(C)c(=O)c2ccc(O)cc12. The average molecular weight is 189 g/mol. The van der Waals surface area contributed by atoms with Gasteiger partial charge in [0.1, 0.15) is 5.75 Å². The number of hydrogen-bond donors (Lipinski definition) is 1. The van der Waals surface area contributed by atoms with Gasteiger partial charge in [-0.2, -0.15) is 0 Å². The van der Waals surface area contributed by atoms with E-state index in [0.717, 1.165) is 10.9 Å². The van der Waals surface area contributed by atoms with Crippen LogP contribution in [0.3, 0.4) is 0 Å². The van der Waals surface area contributed by atoms with Gasteiger partial charge in [0, 0.05) is 18.6 Å². The van der Waals surface area contributed by atoms with Crippen molar-refractivity contribution in [3.8, 4) is 5.75 Å². The Bertz CT molecular complexity index is 555. The van der Waals surface area contributed by atoms with Crippen molar-refractivity contribution in [3.63, 3.8) is 0 Å². The van der Waals surface area contributed by atoms with E-state index in [1.165, 1.54) is 6.07 Å². The van der Waals surface area contributed by atoms with Gasteiger partial charge in [0.2, 0.25) is 0 Å². The van der Waals surface area contributed by atoms with Crippen LogP contribution in [0.25, 0.3) is 10.8 Å². The second-order valence-electron chi connectivity index (χ2n) is 3.46. The Morgan fingerprint density at radius 2 is 2.00 bits per heavy atom. The number of pyridine rings is 1. The zero-order valence-corrected chi connectivity index (χ0v) is 8.11. The molecule has 0 aliphatic rings. The van der Waals surface area contributed by atoms with Gasteiger partial charge in [0.05, 0.1) is 0 Å². The lowest BCUT2D eigenvalue weighted by molar-refractivity contribution is 0.476. The van der Waals surface area contributed by atoms with Crippen LogP contribution in [-0.4, -0.2) is 9.67 Å². The topological polar surface area (TPSA) is 42.2 Å². The van der Waals surface area contributed by atoms with E-state index in [2.05, 4.69) is 0 Å². The molecule has 3 nitrogen and oxygen atoms in total. The number of aromatic nitrogens is 1. The molecule has 0 atom stereocenters. The zero-order chi connectivity index (χ0) is 10.3. The molecule has 0 aliphatic heterocycles. The second kappa shape index (κ2) is 2.87. The number of aryl methyl sites for hydroxylation is 2. The highest BCUT2D eigenvalue weighted by Crippen LogP contribution is 2.19. The van der Waals surface area contributed by atoms with Gasteiger partial charge in [-0.05, 0) is 36.1 Å². The van der Waals surface area contributed by atoms with Gasteiger partial charge >= 0.3 is 0 Å². The highest BCUT2D eigenvalue weighted by Gasteiger charge is 2.04. The lowest BCUT2D eigenvalue weighted by atomic mass is 10.1. The van der Waals surface area contributed by atoms with Crippen molar-refractivity contribution in [1.82, 2.24) is 4.57 Å². The van der Waals surface area contributed by atoms with Crippen LogP contribution in [0.1, 0.15) is 5.56 Å². The normalized spacial score (nSPS) is 10.7. The van der Waals surface area contributed by atoms with Crippen molar-refractivity contribution >= 4 is 10.8 Å². The molecule has 0 unspecified atom stereocenters. The van der Waals surface area contributed by atoms with Crippen molar-refractivity contribution in [2.24, 2.45) is 7.05 Å². The number of benzene rings is 1. The summed E-state index contributed by atoms with van der Waals surface area (Å²) < 4.78 is 1.55. The number of fused-ring (bicyclic) bond motifs is 1. The van der Waals surface area contributed by atoms with Crippen molar-refractivity contribution in [1.29, 1.82) is 0 Å². The van der Waals surface area contributed by atoms with Gasteiger partial charge in [0.25, 0.3) is 5.56 Å². The van der Waals surface area contributed by atoms with E-state index in [4.69, 9.17) is 0 Å². The third kappa shape index (κ3) is 1.18. The molecule has 2 aromatic rings. The minimum absolute atomic E-state index is 0.0365. The largest absolute Gasteiger partial charge is 0.508 e. The lowest BCUT2D eigenvalue weighted by Gasteiger charge is -2.05. The Morgan fingerprint density at radius 1 is 1.29 bits per heavy atom. The molecule has 1 aromatic carbocycles. The average Bonchev–Trinajstić information content (AvgIpc) is 2.14. The molecule has 1 aromatic heterocycles. The van der Waals surface area contributed by atoms with E-state index in [1.807, 2.05) is 6.92 Å². The molecule has 14 heavy (non-hydrogen) atoms. The molecule has 0 saturated carbocycles. The maximum absolute atomic E-state index is 11.7. The van der Waals surface area contributed by atoms with E-state index in [9.17, 15) is 9.90 Å². The van der Waals surface area contributed by atoms with Gasteiger partial charge in [-0.15, -0.1) is 0 Å². The van der Waals surface area contributed by atoms with Gasteiger partial charge in [-0.25, -0.2) is 0 Å². The summed E-state index contributed by atoms with van der Waals surface area (Å²) in [6, 6.07) is 4.80. The summed E-state index contributed by atoms with van der Waals surface area (Å²) in [4.78, 5) is 11.7. The van der Waals surface area contributed by atoms with E-state index >= 15 is 0 Å². The monoisotopic (exact) mass is 189 g/mol. The van der Waals surface area contributed by atoms with Crippen LogP contribution < -0.4 is 5.56 Å². The standard InChI is InChI=1S/C11H11NO2/c1-7-6-12(2)11(14)9-4-3-8(13)5-10(7)9/h3-6,13H,1-2H3. The Balaban J connectivity index is 3.02. The van der Waals surface area contributed by atoms with Crippen molar-refractivity contribution in [3.05, 3.63) is 40.3 Å². The molecule has 72 valence electrons. The Hall–Kier alpha value is -1.77. The highest BCUT2D eigenvalue weighted by atomic mass is 16.3. The predicted octanol–water partition coefficient (Wildman–Crippen LogP) is 1.55. The van der Waals surface area contributed by atoms with Gasteiger partial charge in [-0.3, -0.25) is 4.79 Å². The Kier molecular flexibility index (Phi) is 1.81. The summed E-state index contributed by atoms with van der Waals surface area (Å²) in [5.41, 5.74) is 0.948. The summed E-state index contributed by atoms with van der Waals surface area (Å²) in [6.07, 6.45) is 1.77. The van der Waals surface area contributed by atoms with Crippen LogP contribution in [0.5, 0.6) is 5.75 Å². The zero-order valence-electron chi connectivity index (χ0n) is 8.11. The molecule has 0 radical (unpaired) electrons. The molecule has 1 heterocycles. The fourth-order valence-electron chi connectivity index (χ4n) is 1.65. The molecule has 0 bridgehead atoms. The minimum atomic E-state index is -0.0365. The van der Waals surface area contributed by atoms with E-state index in [1.54, 1.807) is 29.9 Å². The third-order valence-electron chi connectivity index (χ3n) is 2.37. The van der Waals surface area contributed by atoms with Crippen LogP contribution in [0.2, 0.25) is 0 Å². The van der Waals surface area contributed by atoms with Crippen molar-refractivity contribution < 1.29 is 5.11 Å². The third-order valence-corrected chi connectivity index (χ3v) is 2.37. The van der Waals surface area contributed by atoms with Crippen molar-refractivity contribution in [2.75, 3.05) is 0 Å². The molecule has 0 aliphatic carbocycles. The predicted molar refractivity (Wildman–Crippen MR) is 55.6 cm³/mol. The molecule has 1 N–H and O–H groups in total. The molecule has 3 heteroatoms. The molecule has 0 amide bonds. The maximum Gasteiger partial charge on any atom is 0.258 e. The maximum atomic E-state index is 11.7. The first-order chi connectivity index (χ1) is 6.59. The highest BCUT2D eigenvalue weighted by molar-refractivity contribution is 5.85. The summed E-state index contributed by atoms with van der Waals surface area (Å²) >= 11 is 0. The van der Waals surface area contributed by atoms with Crippen LogP contribution >= 0.6 is 0 Å². The van der Waals surface area contributed by atoms with E-state index in [0.29, 0.717) is 5.39 Å². The molecule has 0 spiro atoms. The van der Waals surface area contributed by atoms with Crippen LogP contribution in [-0.2, 0) is 7.05 Å². The van der Waals surface area contributed by atoms with Crippen LogP contribution in [0.4, 0.5) is 0 Å². The number of phenolic OH excluding ortho intramolecular Hbond substituents is 1. The summed E-state index contributed by atoms with van der Waals surface area (Å²) in [6.45, 7) is 1.92. The molecule has 0 saturated heterocycles. The Morgan fingerprint density at radius 3 is 2.71 bits per heavy atom. The quantitative estimate of drug-likeness (QED) is 0.683. The number of rotatable bonds is 0. The lowest BCUT2D eigenvalue weighted by Crippen LogP contribution is -2.16. The van der Waals surface area contributed by atoms with Gasteiger partial charge in [0.15, 0.2) is 0 Å². The summed E-state index contributed by atoms with van der Waals surface area (Å²) in [5, 5.41) is 10.8. The molecule has 2 rings (SSSR count). The van der Waals surface area contributed by atoms with Crippen LogP contribution in [0.15, 0.2) is 29.2 Å². The second-order valence-corrected chi connectivity index (χ2v) is 3.46. The first-order valence-corrected chi connectivity index (χ1v) is 4.38. The summed E-state index contributed by atoms with van der Waals surface area (Å²) in [7, 11) is 1.72. The van der Waals surface area contributed by atoms with Gasteiger partial charge < -0.3 is 9.67 Å². The molecule has 0 fully saturated rings. The summed E-state index contributed by atoms with van der Waals surface area (Å²) in [5.74, 6) is 0.189. The number of phenols is 1. The van der Waals surface area contributed by atoms with Crippen LogP contribution in [0, 0.1) is 6.92 Å². The first kappa shape index (κ1) is 8.81. The van der Waals surface area contributed by atoms with Gasteiger partial charge in [-0.1, -0.05) is 0 Å².